The van der Waals surface area contributed by atoms with E-state index in [-0.39, 0.29) is 6.04 Å². The second kappa shape index (κ2) is 7.53. The Morgan fingerprint density at radius 2 is 2.05 bits per heavy atom. The molecule has 1 rings (SSSR count). The maximum Gasteiger partial charge on any atom is 0.337 e. The number of rotatable bonds is 7. The minimum absolute atomic E-state index is 0.288. The Morgan fingerprint density at radius 3 is 2.58 bits per heavy atom. The van der Waals surface area contributed by atoms with Crippen LogP contribution in [0.2, 0.25) is 0 Å². The van der Waals surface area contributed by atoms with Gasteiger partial charge in [-0.15, -0.1) is 0 Å². The molecule has 0 unspecified atom stereocenters. The van der Waals surface area contributed by atoms with E-state index < -0.39 is 5.97 Å². The summed E-state index contributed by atoms with van der Waals surface area (Å²) >= 11 is 3.33. The monoisotopic (exact) mass is 327 g/mol. The molecule has 1 aromatic rings. The van der Waals surface area contributed by atoms with Gasteiger partial charge in [0.25, 0.3) is 0 Å². The summed E-state index contributed by atoms with van der Waals surface area (Å²) in [4.78, 5) is 13.6. The summed E-state index contributed by atoms with van der Waals surface area (Å²) in [6.45, 7) is 7.26. The van der Waals surface area contributed by atoms with Gasteiger partial charge in [0.1, 0.15) is 0 Å². The van der Waals surface area contributed by atoms with Crippen LogP contribution in [0.1, 0.15) is 50.4 Å². The van der Waals surface area contributed by atoms with Crippen LogP contribution in [-0.2, 0) is 0 Å². The SMILES string of the molecule is CCCCCN(c1ccc(Br)cc1C(=O)O)C(C)C. The minimum atomic E-state index is -0.877. The third-order valence-electron chi connectivity index (χ3n) is 3.12. The van der Waals surface area contributed by atoms with E-state index >= 15 is 0 Å². The van der Waals surface area contributed by atoms with Gasteiger partial charge in [-0.3, -0.25) is 0 Å². The van der Waals surface area contributed by atoms with Crippen molar-refractivity contribution in [3.63, 3.8) is 0 Å². The van der Waals surface area contributed by atoms with Crippen LogP contribution in [0.4, 0.5) is 5.69 Å². The second-order valence-corrected chi connectivity index (χ2v) is 5.88. The number of aromatic carboxylic acids is 1. The van der Waals surface area contributed by atoms with E-state index in [4.69, 9.17) is 0 Å². The van der Waals surface area contributed by atoms with Gasteiger partial charge in [-0.2, -0.15) is 0 Å². The van der Waals surface area contributed by atoms with Gasteiger partial charge in [-0.05, 0) is 38.5 Å². The fourth-order valence-electron chi connectivity index (χ4n) is 2.12. The summed E-state index contributed by atoms with van der Waals surface area (Å²) in [5.74, 6) is -0.877. The zero-order valence-corrected chi connectivity index (χ0v) is 13.4. The van der Waals surface area contributed by atoms with Crippen LogP contribution in [0.25, 0.3) is 0 Å². The first kappa shape index (κ1) is 16.0. The lowest BCUT2D eigenvalue weighted by Gasteiger charge is -2.30. The highest BCUT2D eigenvalue weighted by Crippen LogP contribution is 2.26. The molecule has 0 atom stereocenters. The number of carboxylic acids is 1. The molecule has 0 amide bonds. The van der Waals surface area contributed by atoms with Gasteiger partial charge in [-0.25, -0.2) is 4.79 Å². The van der Waals surface area contributed by atoms with Crippen LogP contribution in [0, 0.1) is 0 Å². The molecular weight excluding hydrogens is 306 g/mol. The zero-order valence-electron chi connectivity index (χ0n) is 11.8. The smallest absolute Gasteiger partial charge is 0.337 e. The first-order valence-electron chi connectivity index (χ1n) is 6.76. The minimum Gasteiger partial charge on any atom is -0.478 e. The van der Waals surface area contributed by atoms with Gasteiger partial charge >= 0.3 is 5.97 Å². The van der Waals surface area contributed by atoms with Crippen molar-refractivity contribution < 1.29 is 9.90 Å². The van der Waals surface area contributed by atoms with Gasteiger partial charge in [0.2, 0.25) is 0 Å². The number of anilines is 1. The second-order valence-electron chi connectivity index (χ2n) is 4.96. The van der Waals surface area contributed by atoms with E-state index in [2.05, 4.69) is 41.6 Å². The van der Waals surface area contributed by atoms with Crippen molar-refractivity contribution in [2.45, 2.75) is 46.1 Å². The summed E-state index contributed by atoms with van der Waals surface area (Å²) in [6.07, 6.45) is 3.42. The molecule has 0 spiro atoms. The molecule has 106 valence electrons. The molecule has 0 aliphatic rings. The first-order chi connectivity index (χ1) is 8.97. The van der Waals surface area contributed by atoms with Gasteiger partial charge < -0.3 is 10.0 Å². The van der Waals surface area contributed by atoms with E-state index in [0.717, 1.165) is 29.5 Å². The van der Waals surface area contributed by atoms with Crippen LogP contribution in [-0.4, -0.2) is 23.7 Å². The molecule has 0 saturated carbocycles. The Kier molecular flexibility index (Phi) is 6.35. The number of carboxylic acid groups (broad SMARTS) is 1. The van der Waals surface area contributed by atoms with Crippen molar-refractivity contribution in [1.82, 2.24) is 0 Å². The molecule has 0 aromatic heterocycles. The molecule has 1 aromatic carbocycles. The van der Waals surface area contributed by atoms with Crippen molar-refractivity contribution in [1.29, 1.82) is 0 Å². The molecule has 4 heteroatoms. The summed E-state index contributed by atoms with van der Waals surface area (Å²) in [6, 6.07) is 5.75. The lowest BCUT2D eigenvalue weighted by Crippen LogP contribution is -2.33. The van der Waals surface area contributed by atoms with E-state index in [1.165, 1.54) is 6.42 Å². The van der Waals surface area contributed by atoms with Gasteiger partial charge in [-0.1, -0.05) is 35.7 Å². The fraction of sp³-hybridized carbons (Fsp3) is 0.533. The highest BCUT2D eigenvalue weighted by Gasteiger charge is 2.18. The first-order valence-corrected chi connectivity index (χ1v) is 7.56. The average Bonchev–Trinajstić information content (AvgIpc) is 2.35. The van der Waals surface area contributed by atoms with Crippen molar-refractivity contribution >= 4 is 27.6 Å². The summed E-state index contributed by atoms with van der Waals surface area (Å²) in [5, 5.41) is 9.34. The molecule has 0 heterocycles. The third-order valence-corrected chi connectivity index (χ3v) is 3.62. The van der Waals surface area contributed by atoms with Gasteiger partial charge in [0.15, 0.2) is 0 Å². The van der Waals surface area contributed by atoms with E-state index in [9.17, 15) is 9.90 Å². The lowest BCUT2D eigenvalue weighted by molar-refractivity contribution is 0.0697. The van der Waals surface area contributed by atoms with Crippen molar-refractivity contribution in [3.8, 4) is 0 Å². The summed E-state index contributed by atoms with van der Waals surface area (Å²) in [5.41, 5.74) is 1.17. The molecular formula is C15H22BrNO2. The Morgan fingerprint density at radius 1 is 1.37 bits per heavy atom. The molecule has 19 heavy (non-hydrogen) atoms. The van der Waals surface area contributed by atoms with Gasteiger partial charge in [0, 0.05) is 17.1 Å². The van der Waals surface area contributed by atoms with Gasteiger partial charge in [0.05, 0.1) is 11.3 Å². The average molecular weight is 328 g/mol. The number of nitrogens with zero attached hydrogens (tertiary/aromatic N) is 1. The number of carbonyl (C=O) groups is 1. The fourth-order valence-corrected chi connectivity index (χ4v) is 2.48. The topological polar surface area (TPSA) is 40.5 Å². The quantitative estimate of drug-likeness (QED) is 0.746. The lowest BCUT2D eigenvalue weighted by atomic mass is 10.1. The number of halogens is 1. The van der Waals surface area contributed by atoms with Crippen LogP contribution < -0.4 is 4.90 Å². The normalized spacial score (nSPS) is 10.8. The number of unbranched alkanes of at least 4 members (excludes halogenated alkanes) is 2. The Hall–Kier alpha value is -1.03. The Balaban J connectivity index is 3.04. The molecule has 0 bridgehead atoms. The Bertz CT molecular complexity index is 432. The van der Waals surface area contributed by atoms with Crippen LogP contribution >= 0.6 is 15.9 Å². The standard InChI is InChI=1S/C15H22BrNO2/c1-4-5-6-9-17(11(2)3)14-8-7-12(16)10-13(14)15(18)19/h7-8,10-11H,4-6,9H2,1-3H3,(H,18,19). The molecule has 0 radical (unpaired) electrons. The molecule has 1 N–H and O–H groups in total. The molecule has 0 saturated heterocycles. The highest BCUT2D eigenvalue weighted by molar-refractivity contribution is 9.10. The zero-order chi connectivity index (χ0) is 14.4. The molecule has 0 aliphatic carbocycles. The molecule has 3 nitrogen and oxygen atoms in total. The van der Waals surface area contributed by atoms with E-state index in [1.54, 1.807) is 6.07 Å². The van der Waals surface area contributed by atoms with E-state index in [1.807, 2.05) is 12.1 Å². The molecule has 0 aliphatic heterocycles. The van der Waals surface area contributed by atoms with Crippen molar-refractivity contribution in [3.05, 3.63) is 28.2 Å². The van der Waals surface area contributed by atoms with Crippen molar-refractivity contribution in [2.75, 3.05) is 11.4 Å². The largest absolute Gasteiger partial charge is 0.478 e. The van der Waals surface area contributed by atoms with E-state index in [0.29, 0.717) is 5.56 Å². The predicted molar refractivity (Wildman–Crippen MR) is 83.1 cm³/mol. The molecule has 0 fully saturated rings. The third kappa shape index (κ3) is 4.53. The van der Waals surface area contributed by atoms with Crippen LogP contribution in [0.3, 0.4) is 0 Å². The van der Waals surface area contributed by atoms with Crippen LogP contribution in [0.15, 0.2) is 22.7 Å². The number of benzene rings is 1. The maximum absolute atomic E-state index is 11.4. The predicted octanol–water partition coefficient (Wildman–Crippen LogP) is 4.55. The summed E-state index contributed by atoms with van der Waals surface area (Å²) in [7, 11) is 0. The summed E-state index contributed by atoms with van der Waals surface area (Å²) < 4.78 is 0.797. The van der Waals surface area contributed by atoms with Crippen molar-refractivity contribution in [2.24, 2.45) is 0 Å². The highest BCUT2D eigenvalue weighted by atomic mass is 79.9. The maximum atomic E-state index is 11.4. The van der Waals surface area contributed by atoms with Crippen LogP contribution in [0.5, 0.6) is 0 Å². The Labute approximate surface area is 123 Å². The number of hydrogen-bond donors (Lipinski definition) is 1. The number of hydrogen-bond acceptors (Lipinski definition) is 2.